The fraction of sp³-hybridized carbons (Fsp3) is 0.500. The second-order valence-electron chi connectivity index (χ2n) is 5.66. The SMILES string of the molecule is C[C@@H]1CCC[C@H](C)N1NC(=O)c1ccc(Cl)cc1S(N)(=O)=O. The van der Waals surface area contributed by atoms with Crippen molar-refractivity contribution in [1.82, 2.24) is 10.4 Å². The third-order valence-corrected chi connectivity index (χ3v) is 5.10. The molecule has 1 aromatic carbocycles. The average molecular weight is 346 g/mol. The normalized spacial score (nSPS) is 23.3. The van der Waals surface area contributed by atoms with Gasteiger partial charge in [-0.25, -0.2) is 18.6 Å². The van der Waals surface area contributed by atoms with E-state index in [1.54, 1.807) is 0 Å². The molecule has 2 atom stereocenters. The summed E-state index contributed by atoms with van der Waals surface area (Å²) in [5, 5.41) is 7.25. The van der Waals surface area contributed by atoms with Crippen LogP contribution < -0.4 is 10.6 Å². The highest BCUT2D eigenvalue weighted by molar-refractivity contribution is 7.89. The van der Waals surface area contributed by atoms with E-state index >= 15 is 0 Å². The number of nitrogens with zero attached hydrogens (tertiary/aromatic N) is 1. The zero-order valence-electron chi connectivity index (χ0n) is 12.5. The number of sulfonamides is 1. The molecule has 1 amide bonds. The van der Waals surface area contributed by atoms with E-state index in [1.165, 1.54) is 18.2 Å². The van der Waals surface area contributed by atoms with Gasteiger partial charge in [-0.15, -0.1) is 0 Å². The van der Waals surface area contributed by atoms with Gasteiger partial charge in [0, 0.05) is 17.1 Å². The quantitative estimate of drug-likeness (QED) is 0.875. The van der Waals surface area contributed by atoms with E-state index in [4.69, 9.17) is 16.7 Å². The smallest absolute Gasteiger partial charge is 0.266 e. The number of halogens is 1. The lowest BCUT2D eigenvalue weighted by atomic mass is 10.00. The van der Waals surface area contributed by atoms with E-state index in [9.17, 15) is 13.2 Å². The van der Waals surface area contributed by atoms with Crippen molar-refractivity contribution in [2.24, 2.45) is 5.14 Å². The van der Waals surface area contributed by atoms with Crippen molar-refractivity contribution in [2.45, 2.75) is 50.1 Å². The van der Waals surface area contributed by atoms with Crippen LogP contribution in [0.5, 0.6) is 0 Å². The number of carbonyl (C=O) groups excluding carboxylic acids is 1. The van der Waals surface area contributed by atoms with Gasteiger partial charge in [0.05, 0.1) is 10.5 Å². The van der Waals surface area contributed by atoms with E-state index in [0.29, 0.717) is 0 Å². The first-order valence-electron chi connectivity index (χ1n) is 7.12. The molecule has 3 N–H and O–H groups in total. The van der Waals surface area contributed by atoms with Gasteiger partial charge in [0.2, 0.25) is 10.0 Å². The van der Waals surface area contributed by atoms with Crippen LogP contribution >= 0.6 is 11.6 Å². The third kappa shape index (κ3) is 3.78. The Morgan fingerprint density at radius 2 is 1.91 bits per heavy atom. The molecular formula is C14H20ClN3O3S. The number of nitrogens with two attached hydrogens (primary N) is 1. The predicted octanol–water partition coefficient (Wildman–Crippen LogP) is 1.90. The first-order chi connectivity index (χ1) is 10.2. The molecule has 0 bridgehead atoms. The van der Waals surface area contributed by atoms with Crippen molar-refractivity contribution >= 4 is 27.5 Å². The predicted molar refractivity (Wildman–Crippen MR) is 84.9 cm³/mol. The van der Waals surface area contributed by atoms with Gasteiger partial charge < -0.3 is 0 Å². The standard InChI is InChI=1S/C14H20ClN3O3S/c1-9-4-3-5-10(2)18(9)17-14(19)12-7-6-11(15)8-13(12)22(16,20)21/h6-10H,3-5H2,1-2H3,(H,17,19)(H2,16,20,21)/t9-,10+. The van der Waals surface area contributed by atoms with Crippen molar-refractivity contribution in [3.63, 3.8) is 0 Å². The fourth-order valence-corrected chi connectivity index (χ4v) is 3.73. The molecule has 0 unspecified atom stereocenters. The van der Waals surface area contributed by atoms with Gasteiger partial charge in [0.1, 0.15) is 0 Å². The molecule has 122 valence electrons. The van der Waals surface area contributed by atoms with Crippen molar-refractivity contribution in [2.75, 3.05) is 0 Å². The summed E-state index contributed by atoms with van der Waals surface area (Å²) in [7, 11) is -4.03. The first kappa shape index (κ1) is 17.2. The second-order valence-corrected chi connectivity index (χ2v) is 7.63. The number of hydrogen-bond acceptors (Lipinski definition) is 4. The summed E-state index contributed by atoms with van der Waals surface area (Å²) in [4.78, 5) is 12.2. The van der Waals surface area contributed by atoms with Gasteiger partial charge in [-0.05, 0) is 44.9 Å². The number of benzene rings is 1. The van der Waals surface area contributed by atoms with Crippen molar-refractivity contribution in [1.29, 1.82) is 0 Å². The van der Waals surface area contributed by atoms with Crippen LogP contribution in [-0.4, -0.2) is 31.4 Å². The Labute approximate surface area is 135 Å². The van der Waals surface area contributed by atoms with Gasteiger partial charge in [-0.2, -0.15) is 0 Å². The maximum Gasteiger partial charge on any atom is 0.266 e. The fourth-order valence-electron chi connectivity index (χ4n) is 2.74. The van der Waals surface area contributed by atoms with E-state index in [0.717, 1.165) is 19.3 Å². The molecule has 0 radical (unpaired) electrons. The minimum atomic E-state index is -4.03. The maximum absolute atomic E-state index is 12.5. The van der Waals surface area contributed by atoms with Crippen LogP contribution in [0.4, 0.5) is 0 Å². The average Bonchev–Trinajstić information content (AvgIpc) is 2.42. The number of hydrazine groups is 1. The Bertz CT molecular complexity index is 668. The Morgan fingerprint density at radius 1 is 1.32 bits per heavy atom. The molecule has 1 heterocycles. The molecule has 22 heavy (non-hydrogen) atoms. The maximum atomic E-state index is 12.5. The Balaban J connectivity index is 2.30. The Morgan fingerprint density at radius 3 is 2.45 bits per heavy atom. The number of hydrogen-bond donors (Lipinski definition) is 2. The molecule has 0 saturated carbocycles. The van der Waals surface area contributed by atoms with Gasteiger partial charge >= 0.3 is 0 Å². The molecule has 2 rings (SSSR count). The monoisotopic (exact) mass is 345 g/mol. The molecule has 6 nitrogen and oxygen atoms in total. The lowest BCUT2D eigenvalue weighted by molar-refractivity contribution is 0.0367. The summed E-state index contributed by atoms with van der Waals surface area (Å²) in [5.41, 5.74) is 2.80. The molecule has 0 aliphatic carbocycles. The molecular weight excluding hydrogens is 326 g/mol. The summed E-state index contributed by atoms with van der Waals surface area (Å²) in [5.74, 6) is -0.499. The summed E-state index contributed by atoms with van der Waals surface area (Å²) in [6, 6.07) is 4.41. The van der Waals surface area contributed by atoms with Gasteiger partial charge in [-0.3, -0.25) is 10.2 Å². The molecule has 1 saturated heterocycles. The molecule has 1 aliphatic rings. The van der Waals surface area contributed by atoms with Gasteiger partial charge in [0.15, 0.2) is 0 Å². The van der Waals surface area contributed by atoms with Crippen LogP contribution in [0.25, 0.3) is 0 Å². The minimum Gasteiger partial charge on any atom is -0.284 e. The van der Waals surface area contributed by atoms with Crippen LogP contribution in [0.1, 0.15) is 43.5 Å². The highest BCUT2D eigenvalue weighted by Crippen LogP contribution is 2.23. The van der Waals surface area contributed by atoms with Crippen molar-refractivity contribution in [3.8, 4) is 0 Å². The van der Waals surface area contributed by atoms with Crippen molar-refractivity contribution in [3.05, 3.63) is 28.8 Å². The largest absolute Gasteiger partial charge is 0.284 e. The highest BCUT2D eigenvalue weighted by atomic mass is 35.5. The van der Waals surface area contributed by atoms with E-state index in [1.807, 2.05) is 18.9 Å². The van der Waals surface area contributed by atoms with Crippen molar-refractivity contribution < 1.29 is 13.2 Å². The number of nitrogens with one attached hydrogen (secondary N) is 1. The van der Waals surface area contributed by atoms with Crippen LogP contribution in [0.2, 0.25) is 5.02 Å². The van der Waals surface area contributed by atoms with Crippen LogP contribution in [0.3, 0.4) is 0 Å². The topological polar surface area (TPSA) is 92.5 Å². The molecule has 8 heteroatoms. The lowest BCUT2D eigenvalue weighted by Crippen LogP contribution is -2.54. The minimum absolute atomic E-state index is 0.00289. The number of piperidine rings is 1. The van der Waals surface area contributed by atoms with E-state index in [-0.39, 0.29) is 27.6 Å². The summed E-state index contributed by atoms with van der Waals surface area (Å²) >= 11 is 5.80. The summed E-state index contributed by atoms with van der Waals surface area (Å²) in [6.45, 7) is 4.05. The summed E-state index contributed by atoms with van der Waals surface area (Å²) in [6.07, 6.45) is 3.07. The zero-order valence-corrected chi connectivity index (χ0v) is 14.1. The second kappa shape index (κ2) is 6.54. The van der Waals surface area contributed by atoms with Gasteiger partial charge in [-0.1, -0.05) is 18.0 Å². The number of rotatable bonds is 3. The first-order valence-corrected chi connectivity index (χ1v) is 9.04. The van der Waals surface area contributed by atoms with Gasteiger partial charge in [0.25, 0.3) is 5.91 Å². The Hall–Kier alpha value is -1.15. The number of amides is 1. The summed E-state index contributed by atoms with van der Waals surface area (Å²) < 4.78 is 23.3. The van der Waals surface area contributed by atoms with E-state index in [2.05, 4.69) is 5.43 Å². The Kier molecular flexibility index (Phi) is 5.11. The number of carbonyl (C=O) groups is 1. The zero-order chi connectivity index (χ0) is 16.5. The molecule has 1 aliphatic heterocycles. The molecule has 0 aromatic heterocycles. The van der Waals surface area contributed by atoms with Crippen LogP contribution in [0.15, 0.2) is 23.1 Å². The van der Waals surface area contributed by atoms with E-state index < -0.39 is 15.9 Å². The highest BCUT2D eigenvalue weighted by Gasteiger charge is 2.28. The number of primary sulfonamides is 1. The van der Waals surface area contributed by atoms with Crippen LogP contribution in [0, 0.1) is 0 Å². The molecule has 0 spiro atoms. The third-order valence-electron chi connectivity index (χ3n) is 3.92. The molecule has 1 fully saturated rings. The molecule has 1 aromatic rings. The van der Waals surface area contributed by atoms with Crippen LogP contribution in [-0.2, 0) is 10.0 Å². The lowest BCUT2D eigenvalue weighted by Gasteiger charge is -2.38.